The molecule has 1 fully saturated rings. The lowest BCUT2D eigenvalue weighted by Crippen LogP contribution is -2.48. The lowest BCUT2D eigenvalue weighted by atomic mass is 10.2. The molecule has 10 heteroatoms. The molecule has 4 rings (SSSR count). The maximum Gasteiger partial charge on any atom is 0.256 e. The van der Waals surface area contributed by atoms with Gasteiger partial charge in [0.05, 0.1) is 17.1 Å². The summed E-state index contributed by atoms with van der Waals surface area (Å²) in [6.45, 7) is 4.92. The second-order valence-corrected chi connectivity index (χ2v) is 9.51. The smallest absolute Gasteiger partial charge is 0.256 e. The van der Waals surface area contributed by atoms with E-state index in [1.807, 2.05) is 18.2 Å². The van der Waals surface area contributed by atoms with Crippen molar-refractivity contribution < 1.29 is 27.4 Å². The van der Waals surface area contributed by atoms with Crippen LogP contribution in [0.2, 0.25) is 0 Å². The first-order valence-corrected chi connectivity index (χ1v) is 11.8. The summed E-state index contributed by atoms with van der Waals surface area (Å²) in [6.07, 6.45) is 0. The fourth-order valence-electron chi connectivity index (χ4n) is 3.68. The minimum absolute atomic E-state index is 0.0316. The van der Waals surface area contributed by atoms with Gasteiger partial charge in [-0.1, -0.05) is 6.07 Å². The summed E-state index contributed by atoms with van der Waals surface area (Å²) in [4.78, 5) is 14.0. The second kappa shape index (κ2) is 9.04. The molecule has 166 valence electrons. The Morgan fingerprint density at radius 2 is 1.81 bits per heavy atom. The molecule has 0 saturated carbocycles. The molecular weight excluding hydrogens is 444 g/mol. The molecule has 0 spiro atoms. The standard InChI is InChI=1S/C21H23ClN2O6S/c1-2-28-18-6-4-16(12-17(18)21(22)25)31(26,27)24-9-7-23(8-10-24)13-15-3-5-19-20(11-15)30-14-29-19/h3-6,11-12H,2,7-10,13-14H2,1H3. The highest BCUT2D eigenvalue weighted by Gasteiger charge is 2.30. The Morgan fingerprint density at radius 3 is 2.52 bits per heavy atom. The van der Waals surface area contributed by atoms with Crippen LogP contribution in [-0.2, 0) is 16.6 Å². The molecule has 0 amide bonds. The van der Waals surface area contributed by atoms with Crippen molar-refractivity contribution in [1.82, 2.24) is 9.21 Å². The van der Waals surface area contributed by atoms with E-state index in [2.05, 4.69) is 4.90 Å². The predicted octanol–water partition coefficient (Wildman–Crippen LogP) is 2.70. The third-order valence-corrected chi connectivity index (χ3v) is 7.37. The van der Waals surface area contributed by atoms with Crippen molar-refractivity contribution in [2.75, 3.05) is 39.6 Å². The van der Waals surface area contributed by atoms with Crippen LogP contribution in [0, 0.1) is 0 Å². The van der Waals surface area contributed by atoms with Crippen molar-refractivity contribution in [1.29, 1.82) is 0 Å². The monoisotopic (exact) mass is 466 g/mol. The van der Waals surface area contributed by atoms with Gasteiger partial charge < -0.3 is 14.2 Å². The second-order valence-electron chi connectivity index (χ2n) is 7.23. The lowest BCUT2D eigenvalue weighted by Gasteiger charge is -2.34. The predicted molar refractivity (Wildman–Crippen MR) is 114 cm³/mol. The van der Waals surface area contributed by atoms with E-state index in [0.29, 0.717) is 39.3 Å². The Balaban J connectivity index is 1.43. The zero-order chi connectivity index (χ0) is 22.0. The molecule has 0 aromatic heterocycles. The van der Waals surface area contributed by atoms with Crippen molar-refractivity contribution in [3.05, 3.63) is 47.5 Å². The van der Waals surface area contributed by atoms with E-state index in [-0.39, 0.29) is 23.0 Å². The molecule has 0 N–H and O–H groups in total. The van der Waals surface area contributed by atoms with Gasteiger partial charge in [-0.25, -0.2) is 8.42 Å². The highest BCUT2D eigenvalue weighted by atomic mass is 35.5. The molecule has 1 saturated heterocycles. The van der Waals surface area contributed by atoms with Crippen LogP contribution in [0.5, 0.6) is 17.2 Å². The van der Waals surface area contributed by atoms with Crippen LogP contribution >= 0.6 is 11.6 Å². The van der Waals surface area contributed by atoms with E-state index < -0.39 is 15.3 Å². The number of ether oxygens (including phenoxy) is 3. The number of hydrogen-bond donors (Lipinski definition) is 0. The molecular formula is C21H23ClN2O6S. The van der Waals surface area contributed by atoms with Gasteiger partial charge in [0.1, 0.15) is 5.75 Å². The number of benzene rings is 2. The Labute approximate surface area is 186 Å². The number of fused-ring (bicyclic) bond motifs is 1. The van der Waals surface area contributed by atoms with Crippen LogP contribution in [0.1, 0.15) is 22.8 Å². The van der Waals surface area contributed by atoms with Gasteiger partial charge in [0.2, 0.25) is 16.8 Å². The van der Waals surface area contributed by atoms with Crippen LogP contribution in [0.15, 0.2) is 41.3 Å². The van der Waals surface area contributed by atoms with Crippen molar-refractivity contribution in [3.63, 3.8) is 0 Å². The number of rotatable bonds is 7. The minimum Gasteiger partial charge on any atom is -0.493 e. The SMILES string of the molecule is CCOc1ccc(S(=O)(=O)N2CCN(Cc3ccc4c(c3)OCO4)CC2)cc1C(=O)Cl. The van der Waals surface area contributed by atoms with E-state index in [9.17, 15) is 13.2 Å². The summed E-state index contributed by atoms with van der Waals surface area (Å²) >= 11 is 5.63. The van der Waals surface area contributed by atoms with Crippen LogP contribution in [0.3, 0.4) is 0 Å². The van der Waals surface area contributed by atoms with Gasteiger partial charge in [0.25, 0.3) is 5.24 Å². The van der Waals surface area contributed by atoms with Gasteiger partial charge in [-0.2, -0.15) is 4.31 Å². The van der Waals surface area contributed by atoms with Crippen molar-refractivity contribution in [2.45, 2.75) is 18.4 Å². The zero-order valence-electron chi connectivity index (χ0n) is 17.0. The molecule has 2 aliphatic heterocycles. The molecule has 0 atom stereocenters. The molecule has 0 radical (unpaired) electrons. The van der Waals surface area contributed by atoms with Gasteiger partial charge in [0, 0.05) is 32.7 Å². The zero-order valence-corrected chi connectivity index (χ0v) is 18.6. The number of piperazine rings is 1. The fourth-order valence-corrected chi connectivity index (χ4v) is 5.28. The van der Waals surface area contributed by atoms with Crippen LogP contribution in [-0.4, -0.2) is 62.4 Å². The number of carbonyl (C=O) groups is 1. The minimum atomic E-state index is -3.75. The summed E-state index contributed by atoms with van der Waals surface area (Å²) in [5, 5.41) is -0.756. The van der Waals surface area contributed by atoms with E-state index in [1.165, 1.54) is 22.5 Å². The molecule has 2 aromatic carbocycles. The number of sulfonamides is 1. The van der Waals surface area contributed by atoms with Crippen LogP contribution < -0.4 is 14.2 Å². The molecule has 2 aromatic rings. The number of nitrogens with zero attached hydrogens (tertiary/aromatic N) is 2. The highest BCUT2D eigenvalue weighted by molar-refractivity contribution is 7.89. The van der Waals surface area contributed by atoms with Crippen molar-refractivity contribution in [3.8, 4) is 17.2 Å². The third-order valence-electron chi connectivity index (χ3n) is 5.27. The highest BCUT2D eigenvalue weighted by Crippen LogP contribution is 2.33. The number of hydrogen-bond acceptors (Lipinski definition) is 7. The summed E-state index contributed by atoms with van der Waals surface area (Å²) in [5.41, 5.74) is 1.13. The Hall–Kier alpha value is -2.33. The van der Waals surface area contributed by atoms with Gasteiger partial charge in [0.15, 0.2) is 11.5 Å². The average Bonchev–Trinajstić information content (AvgIpc) is 3.22. The lowest BCUT2D eigenvalue weighted by molar-refractivity contribution is 0.107. The molecule has 8 nitrogen and oxygen atoms in total. The van der Waals surface area contributed by atoms with E-state index in [0.717, 1.165) is 17.1 Å². The topological polar surface area (TPSA) is 85.4 Å². The van der Waals surface area contributed by atoms with Crippen molar-refractivity contribution in [2.24, 2.45) is 0 Å². The number of carbonyl (C=O) groups excluding carboxylic acids is 1. The molecule has 0 unspecified atom stereocenters. The van der Waals surface area contributed by atoms with Gasteiger partial charge >= 0.3 is 0 Å². The third kappa shape index (κ3) is 4.64. The quantitative estimate of drug-likeness (QED) is 0.580. The molecule has 0 aliphatic carbocycles. The van der Waals surface area contributed by atoms with Crippen LogP contribution in [0.25, 0.3) is 0 Å². The molecule has 2 heterocycles. The molecule has 31 heavy (non-hydrogen) atoms. The maximum absolute atomic E-state index is 13.1. The first kappa shape index (κ1) is 21.9. The summed E-state index contributed by atoms with van der Waals surface area (Å²) in [6, 6.07) is 10.0. The Bertz CT molecular complexity index is 1080. The molecule has 2 aliphatic rings. The average molecular weight is 467 g/mol. The first-order chi connectivity index (χ1) is 14.9. The molecule has 0 bridgehead atoms. The normalized spacial score (nSPS) is 17.0. The summed E-state index contributed by atoms with van der Waals surface area (Å²) < 4.78 is 43.8. The Morgan fingerprint density at radius 1 is 1.06 bits per heavy atom. The van der Waals surface area contributed by atoms with Crippen molar-refractivity contribution >= 4 is 26.9 Å². The van der Waals surface area contributed by atoms with Crippen LogP contribution in [0.4, 0.5) is 0 Å². The maximum atomic E-state index is 13.1. The van der Waals surface area contributed by atoms with E-state index >= 15 is 0 Å². The summed E-state index contributed by atoms with van der Waals surface area (Å²) in [5.74, 6) is 1.75. The Kier molecular flexibility index (Phi) is 6.38. The van der Waals surface area contributed by atoms with E-state index in [1.54, 1.807) is 6.92 Å². The van der Waals surface area contributed by atoms with Gasteiger partial charge in [-0.15, -0.1) is 0 Å². The van der Waals surface area contributed by atoms with Gasteiger partial charge in [-0.3, -0.25) is 9.69 Å². The number of halogens is 1. The first-order valence-electron chi connectivity index (χ1n) is 9.96. The summed E-state index contributed by atoms with van der Waals surface area (Å²) in [7, 11) is -3.75. The van der Waals surface area contributed by atoms with E-state index in [4.69, 9.17) is 25.8 Å². The fraction of sp³-hybridized carbons (Fsp3) is 0.381. The largest absolute Gasteiger partial charge is 0.493 e. The van der Waals surface area contributed by atoms with Gasteiger partial charge in [-0.05, 0) is 54.4 Å².